The van der Waals surface area contributed by atoms with Crippen LogP contribution in [0.2, 0.25) is 5.02 Å². The van der Waals surface area contributed by atoms with Gasteiger partial charge in [0.25, 0.3) is 11.8 Å². The first-order chi connectivity index (χ1) is 14.5. The Kier molecular flexibility index (Phi) is 6.96. The van der Waals surface area contributed by atoms with E-state index in [1.54, 1.807) is 55.6 Å². The predicted octanol–water partition coefficient (Wildman–Crippen LogP) is 2.92. The average molecular weight is 423 g/mol. The van der Waals surface area contributed by atoms with Gasteiger partial charge in [-0.1, -0.05) is 35.9 Å². The quantitative estimate of drug-likeness (QED) is 0.424. The lowest BCUT2D eigenvalue weighted by Crippen LogP contribution is -2.30. The van der Waals surface area contributed by atoms with Crippen molar-refractivity contribution in [1.29, 1.82) is 5.26 Å². The maximum Gasteiger partial charge on any atom is 0.264 e. The van der Waals surface area contributed by atoms with Crippen molar-refractivity contribution in [2.45, 2.75) is 6.42 Å². The molecule has 0 unspecified atom stereocenters. The molecule has 1 aliphatic heterocycles. The van der Waals surface area contributed by atoms with Crippen LogP contribution in [0.3, 0.4) is 0 Å². The van der Waals surface area contributed by atoms with Crippen LogP contribution in [-0.4, -0.2) is 37.9 Å². The number of nitriles is 1. The molecule has 2 N–H and O–H groups in total. The highest BCUT2D eigenvalue weighted by atomic mass is 35.5. The molecule has 152 valence electrons. The number of amidine groups is 1. The molecule has 0 atom stereocenters. The van der Waals surface area contributed by atoms with E-state index in [4.69, 9.17) is 16.3 Å². The molecule has 0 saturated carbocycles. The van der Waals surface area contributed by atoms with Crippen LogP contribution in [0.5, 0.6) is 0 Å². The van der Waals surface area contributed by atoms with Gasteiger partial charge in [-0.05, 0) is 30.7 Å². The van der Waals surface area contributed by atoms with Gasteiger partial charge in [0.2, 0.25) is 0 Å². The third-order valence-electron chi connectivity index (χ3n) is 4.39. The van der Waals surface area contributed by atoms with E-state index < -0.39 is 5.91 Å². The Labute approximate surface area is 179 Å². The van der Waals surface area contributed by atoms with Crippen molar-refractivity contribution in [1.82, 2.24) is 10.6 Å². The molecule has 1 aliphatic rings. The predicted molar refractivity (Wildman–Crippen MR) is 114 cm³/mol. The lowest BCUT2D eigenvalue weighted by atomic mass is 10.0. The van der Waals surface area contributed by atoms with E-state index in [0.29, 0.717) is 41.3 Å². The number of hydrogen-bond donors (Lipinski definition) is 2. The third kappa shape index (κ3) is 4.74. The Hall–Kier alpha value is -3.47. The van der Waals surface area contributed by atoms with Gasteiger partial charge in [-0.25, -0.2) is 4.99 Å². The molecule has 1 heterocycles. The van der Waals surface area contributed by atoms with Gasteiger partial charge in [-0.15, -0.1) is 0 Å². The lowest BCUT2D eigenvalue weighted by Gasteiger charge is -2.06. The fourth-order valence-electron chi connectivity index (χ4n) is 2.91. The van der Waals surface area contributed by atoms with Gasteiger partial charge in [0.15, 0.2) is 0 Å². The number of carbonyl (C=O) groups is 2. The third-order valence-corrected chi connectivity index (χ3v) is 4.64. The summed E-state index contributed by atoms with van der Waals surface area (Å²) in [5.41, 5.74) is 1.76. The normalized spacial score (nSPS) is 13.7. The average Bonchev–Trinajstić information content (AvgIpc) is 3.10. The fourth-order valence-corrected chi connectivity index (χ4v) is 3.04. The van der Waals surface area contributed by atoms with Crippen molar-refractivity contribution >= 4 is 34.9 Å². The number of aliphatic imine (C=N–C) groups is 1. The smallest absolute Gasteiger partial charge is 0.264 e. The summed E-state index contributed by atoms with van der Waals surface area (Å²) in [6.07, 6.45) is 0.624. The minimum absolute atomic E-state index is 0.115. The molecular formula is C22H19ClN4O3. The van der Waals surface area contributed by atoms with Crippen LogP contribution in [0.25, 0.3) is 5.70 Å². The molecule has 7 nitrogen and oxygen atoms in total. The Balaban J connectivity index is 1.89. The minimum atomic E-state index is -0.521. The van der Waals surface area contributed by atoms with Crippen LogP contribution >= 0.6 is 11.6 Å². The van der Waals surface area contributed by atoms with E-state index in [0.717, 1.165) is 0 Å². The van der Waals surface area contributed by atoms with Crippen molar-refractivity contribution in [3.05, 3.63) is 75.8 Å². The molecule has 3 rings (SSSR count). The molecular weight excluding hydrogens is 404 g/mol. The number of methoxy groups -OCH3 is 1. The van der Waals surface area contributed by atoms with Gasteiger partial charge in [0, 0.05) is 42.0 Å². The van der Waals surface area contributed by atoms with Gasteiger partial charge in [-0.2, -0.15) is 5.26 Å². The molecule has 0 aliphatic carbocycles. The van der Waals surface area contributed by atoms with Gasteiger partial charge in [-0.3, -0.25) is 9.59 Å². The van der Waals surface area contributed by atoms with Gasteiger partial charge >= 0.3 is 0 Å². The number of hydrogen-bond acceptors (Lipinski definition) is 5. The summed E-state index contributed by atoms with van der Waals surface area (Å²) in [6.45, 7) is 0.872. The lowest BCUT2D eigenvalue weighted by molar-refractivity contribution is -0.117. The highest BCUT2D eigenvalue weighted by Crippen LogP contribution is 2.30. The highest BCUT2D eigenvalue weighted by molar-refractivity contribution is 6.30. The standard InChI is InChI=1S/C22H19ClN4O3/c1-30-12-4-11-25-22(29)18(13-24)19-16-5-2-3-6-17(16)20(26-19)27-21(28)14-7-9-15(23)10-8-14/h2-3,5-10H,4,11-12H2,1H3,(H,25,29)(H,26,27,28)/b19-18-. The summed E-state index contributed by atoms with van der Waals surface area (Å²) in [7, 11) is 1.58. The number of rotatable bonds is 6. The second-order valence-electron chi connectivity index (χ2n) is 6.40. The largest absolute Gasteiger partial charge is 0.385 e. The van der Waals surface area contributed by atoms with Crippen molar-refractivity contribution in [2.75, 3.05) is 20.3 Å². The maximum absolute atomic E-state index is 12.6. The summed E-state index contributed by atoms with van der Waals surface area (Å²) >= 11 is 5.87. The highest BCUT2D eigenvalue weighted by Gasteiger charge is 2.27. The number of ether oxygens (including phenoxy) is 1. The summed E-state index contributed by atoms with van der Waals surface area (Å²) in [5, 5.41) is 15.6. The van der Waals surface area contributed by atoms with Gasteiger partial charge in [0.05, 0.1) is 5.70 Å². The van der Waals surface area contributed by atoms with Crippen LogP contribution in [0.15, 0.2) is 59.1 Å². The monoisotopic (exact) mass is 422 g/mol. The fraction of sp³-hybridized carbons (Fsp3) is 0.182. The number of carbonyl (C=O) groups excluding carboxylic acids is 2. The maximum atomic E-state index is 12.6. The van der Waals surface area contributed by atoms with E-state index in [1.165, 1.54) is 0 Å². The number of halogens is 1. The molecule has 0 aromatic heterocycles. The first kappa shape index (κ1) is 21.2. The van der Waals surface area contributed by atoms with Crippen molar-refractivity contribution in [3.63, 3.8) is 0 Å². The number of fused-ring (bicyclic) bond motifs is 1. The molecule has 8 heteroatoms. The Morgan fingerprint density at radius 3 is 2.50 bits per heavy atom. The second-order valence-corrected chi connectivity index (χ2v) is 6.84. The molecule has 2 amide bonds. The first-order valence-electron chi connectivity index (χ1n) is 9.22. The number of nitrogens with one attached hydrogen (secondary N) is 2. The molecule has 0 radical (unpaired) electrons. The zero-order chi connectivity index (χ0) is 21.5. The summed E-state index contributed by atoms with van der Waals surface area (Å²) in [5.74, 6) is -0.614. The Bertz CT molecular complexity index is 1070. The Morgan fingerprint density at radius 1 is 1.13 bits per heavy atom. The van der Waals surface area contributed by atoms with E-state index in [-0.39, 0.29) is 23.0 Å². The number of benzene rings is 2. The molecule has 2 aromatic carbocycles. The van der Waals surface area contributed by atoms with Crippen LogP contribution in [-0.2, 0) is 9.53 Å². The number of amides is 2. The molecule has 2 aromatic rings. The zero-order valence-electron chi connectivity index (χ0n) is 16.2. The van der Waals surface area contributed by atoms with Crippen molar-refractivity contribution < 1.29 is 14.3 Å². The summed E-state index contributed by atoms with van der Waals surface area (Å²) < 4.78 is 4.95. The second kappa shape index (κ2) is 9.83. The van der Waals surface area contributed by atoms with E-state index >= 15 is 0 Å². The van der Waals surface area contributed by atoms with E-state index in [9.17, 15) is 14.9 Å². The van der Waals surface area contributed by atoms with Crippen molar-refractivity contribution in [2.24, 2.45) is 4.99 Å². The van der Waals surface area contributed by atoms with Crippen LogP contribution < -0.4 is 10.6 Å². The van der Waals surface area contributed by atoms with E-state index in [2.05, 4.69) is 15.6 Å². The molecule has 0 bridgehead atoms. The minimum Gasteiger partial charge on any atom is -0.385 e. The molecule has 0 spiro atoms. The molecule has 0 fully saturated rings. The molecule has 30 heavy (non-hydrogen) atoms. The SMILES string of the molecule is COCCCNC(=O)/C(C#N)=C1\N=C(NC(=O)c2ccc(Cl)cc2)c2ccccc21. The topological polar surface area (TPSA) is 104 Å². The van der Waals surface area contributed by atoms with Gasteiger partial charge in [0.1, 0.15) is 17.5 Å². The van der Waals surface area contributed by atoms with E-state index in [1.807, 2.05) is 6.07 Å². The van der Waals surface area contributed by atoms with Crippen LogP contribution in [0.1, 0.15) is 27.9 Å². The number of nitrogens with zero attached hydrogens (tertiary/aromatic N) is 2. The summed E-state index contributed by atoms with van der Waals surface area (Å²) in [4.78, 5) is 29.5. The van der Waals surface area contributed by atoms with Crippen molar-refractivity contribution in [3.8, 4) is 6.07 Å². The summed E-state index contributed by atoms with van der Waals surface area (Å²) in [6, 6.07) is 15.5. The Morgan fingerprint density at radius 2 is 1.83 bits per heavy atom. The first-order valence-corrected chi connectivity index (χ1v) is 9.60. The van der Waals surface area contributed by atoms with Crippen LogP contribution in [0.4, 0.5) is 0 Å². The van der Waals surface area contributed by atoms with Crippen LogP contribution in [0, 0.1) is 11.3 Å². The van der Waals surface area contributed by atoms with Gasteiger partial charge < -0.3 is 15.4 Å². The molecule has 0 saturated heterocycles. The zero-order valence-corrected chi connectivity index (χ0v) is 17.0.